The Hall–Kier alpha value is -1.16. The molecule has 3 rings (SSSR count). The maximum Gasteiger partial charge on any atom is 0.165 e. The molecule has 2 aromatic carbocycles. The Morgan fingerprint density at radius 1 is 1.29 bits per heavy atom. The number of rotatable bonds is 3. The molecule has 2 aromatic rings. The van der Waals surface area contributed by atoms with Crippen LogP contribution in [0.4, 0.5) is 0 Å². The highest BCUT2D eigenvalue weighted by Gasteiger charge is 2.23. The van der Waals surface area contributed by atoms with E-state index in [2.05, 4.69) is 22.0 Å². The van der Waals surface area contributed by atoms with Gasteiger partial charge in [-0.2, -0.15) is 0 Å². The van der Waals surface area contributed by atoms with Crippen molar-refractivity contribution >= 4 is 33.3 Å². The normalized spacial score (nSPS) is 17.3. The molecule has 0 radical (unpaired) electrons. The minimum atomic E-state index is -0.162. The molecule has 0 aliphatic carbocycles. The van der Waals surface area contributed by atoms with Crippen molar-refractivity contribution < 1.29 is 9.53 Å². The summed E-state index contributed by atoms with van der Waals surface area (Å²) in [5.74, 6) is 0.0473. The molecular weight excluding hydrogens is 352 g/mol. The number of fused-ring (bicyclic) bond motifs is 1. The van der Waals surface area contributed by atoms with E-state index in [1.54, 1.807) is 18.2 Å². The average Bonchev–Trinajstić information content (AvgIpc) is 2.50. The van der Waals surface area contributed by atoms with Gasteiger partial charge in [-0.15, -0.1) is 0 Å². The smallest absolute Gasteiger partial charge is 0.165 e. The molecule has 0 amide bonds. The van der Waals surface area contributed by atoms with Crippen molar-refractivity contribution in [1.82, 2.24) is 0 Å². The van der Waals surface area contributed by atoms with Gasteiger partial charge < -0.3 is 4.74 Å². The summed E-state index contributed by atoms with van der Waals surface area (Å²) in [6.45, 7) is 0.663. The van der Waals surface area contributed by atoms with Crippen molar-refractivity contribution in [2.75, 3.05) is 6.61 Å². The minimum Gasteiger partial charge on any atom is -0.373 e. The van der Waals surface area contributed by atoms with Gasteiger partial charge in [0, 0.05) is 16.5 Å². The van der Waals surface area contributed by atoms with Gasteiger partial charge >= 0.3 is 0 Å². The number of hydrogen-bond donors (Lipinski definition) is 0. The molecule has 0 saturated carbocycles. The summed E-state index contributed by atoms with van der Waals surface area (Å²) in [6, 6.07) is 13.4. The Bertz CT molecular complexity index is 684. The first-order valence-corrected chi connectivity index (χ1v) is 8.00. The van der Waals surface area contributed by atoms with Crippen molar-refractivity contribution in [3.05, 3.63) is 68.7 Å². The minimum absolute atomic E-state index is 0.0473. The van der Waals surface area contributed by atoms with E-state index in [4.69, 9.17) is 16.3 Å². The molecule has 0 aromatic heterocycles. The maximum absolute atomic E-state index is 12.4. The fourth-order valence-electron chi connectivity index (χ4n) is 2.60. The van der Waals surface area contributed by atoms with Crippen LogP contribution in [0.25, 0.3) is 0 Å². The van der Waals surface area contributed by atoms with Gasteiger partial charge in [-0.3, -0.25) is 4.79 Å². The predicted molar refractivity (Wildman–Crippen MR) is 86.9 cm³/mol. The molecule has 2 nitrogen and oxygen atoms in total. The number of Topliss-reactive ketones (excluding diaryl/α,β-unsaturated/α-hetero) is 1. The fraction of sp³-hybridized carbons (Fsp3) is 0.235. The van der Waals surface area contributed by atoms with E-state index in [1.165, 1.54) is 5.56 Å². The van der Waals surface area contributed by atoms with Crippen LogP contribution in [0.15, 0.2) is 46.9 Å². The molecule has 0 fully saturated rings. The number of carbonyl (C=O) groups excluding carboxylic acids is 1. The lowest BCUT2D eigenvalue weighted by atomic mass is 9.93. The third-order valence-corrected chi connectivity index (χ3v) is 4.94. The van der Waals surface area contributed by atoms with Gasteiger partial charge in [-0.05, 0) is 45.6 Å². The van der Waals surface area contributed by atoms with E-state index in [9.17, 15) is 4.79 Å². The Labute approximate surface area is 137 Å². The van der Waals surface area contributed by atoms with Gasteiger partial charge in [0.2, 0.25) is 0 Å². The molecule has 0 bridgehead atoms. The summed E-state index contributed by atoms with van der Waals surface area (Å²) in [7, 11) is 0. The second-order valence-electron chi connectivity index (χ2n) is 5.06. The summed E-state index contributed by atoms with van der Waals surface area (Å²) >= 11 is 9.38. The first kappa shape index (κ1) is 14.8. The second-order valence-corrected chi connectivity index (χ2v) is 6.33. The highest BCUT2D eigenvalue weighted by atomic mass is 79.9. The molecule has 0 saturated heterocycles. The van der Waals surface area contributed by atoms with Crippen LogP contribution in [0.1, 0.15) is 34.0 Å². The highest BCUT2D eigenvalue weighted by molar-refractivity contribution is 9.10. The highest BCUT2D eigenvalue weighted by Crippen LogP contribution is 2.31. The molecule has 0 N–H and O–H groups in total. The van der Waals surface area contributed by atoms with Crippen molar-refractivity contribution in [3.8, 4) is 0 Å². The zero-order valence-corrected chi connectivity index (χ0v) is 13.7. The Balaban J connectivity index is 1.81. The molecule has 1 atom stereocenters. The van der Waals surface area contributed by atoms with Crippen molar-refractivity contribution in [3.63, 3.8) is 0 Å². The molecule has 108 valence electrons. The molecule has 1 aliphatic heterocycles. The molecule has 0 spiro atoms. The van der Waals surface area contributed by atoms with Crippen LogP contribution in [-0.4, -0.2) is 12.4 Å². The van der Waals surface area contributed by atoms with Gasteiger partial charge in [0.15, 0.2) is 5.78 Å². The zero-order chi connectivity index (χ0) is 14.8. The molecule has 21 heavy (non-hydrogen) atoms. The quantitative estimate of drug-likeness (QED) is 0.716. The lowest BCUT2D eigenvalue weighted by Crippen LogP contribution is -2.19. The number of benzene rings is 2. The van der Waals surface area contributed by atoms with E-state index in [-0.39, 0.29) is 11.9 Å². The number of hydrogen-bond acceptors (Lipinski definition) is 2. The predicted octanol–water partition coefficient (Wildman–Crippen LogP) is 4.99. The summed E-state index contributed by atoms with van der Waals surface area (Å²) in [6.07, 6.45) is 1.09. The summed E-state index contributed by atoms with van der Waals surface area (Å²) in [5, 5.41) is 0.547. The first-order valence-electron chi connectivity index (χ1n) is 6.83. The van der Waals surface area contributed by atoms with Gasteiger partial charge in [0.1, 0.15) is 0 Å². The van der Waals surface area contributed by atoms with Crippen molar-refractivity contribution in [2.24, 2.45) is 0 Å². The molecule has 4 heteroatoms. The van der Waals surface area contributed by atoms with Crippen LogP contribution in [0, 0.1) is 0 Å². The number of halogens is 2. The van der Waals surface area contributed by atoms with E-state index < -0.39 is 0 Å². The summed E-state index contributed by atoms with van der Waals surface area (Å²) < 4.78 is 6.58. The Morgan fingerprint density at radius 2 is 2.10 bits per heavy atom. The lowest BCUT2D eigenvalue weighted by Gasteiger charge is -2.25. The topological polar surface area (TPSA) is 26.3 Å². The van der Waals surface area contributed by atoms with Crippen LogP contribution in [-0.2, 0) is 11.2 Å². The Kier molecular flexibility index (Phi) is 4.43. The molecular formula is C17H14BrClO2. The fourth-order valence-corrected chi connectivity index (χ4v) is 3.03. The maximum atomic E-state index is 12.4. The second kappa shape index (κ2) is 6.30. The van der Waals surface area contributed by atoms with Gasteiger partial charge in [-0.1, -0.05) is 41.9 Å². The van der Waals surface area contributed by atoms with Gasteiger partial charge in [-0.25, -0.2) is 0 Å². The number of carbonyl (C=O) groups is 1. The first-order chi connectivity index (χ1) is 10.1. The SMILES string of the molecule is O=C(CC1OCCc2ccccc21)c1ccc(Br)c(Cl)c1. The summed E-state index contributed by atoms with van der Waals surface area (Å²) in [5.41, 5.74) is 3.02. The Morgan fingerprint density at radius 3 is 2.90 bits per heavy atom. The molecule has 1 aliphatic rings. The summed E-state index contributed by atoms with van der Waals surface area (Å²) in [4.78, 5) is 12.4. The average molecular weight is 366 g/mol. The van der Waals surface area contributed by atoms with E-state index >= 15 is 0 Å². The lowest BCUT2D eigenvalue weighted by molar-refractivity contribution is 0.0352. The van der Waals surface area contributed by atoms with Crippen LogP contribution in [0.3, 0.4) is 0 Å². The standard InChI is InChI=1S/C17H14BrClO2/c18-14-6-5-12(9-15(14)19)16(20)10-17-13-4-2-1-3-11(13)7-8-21-17/h1-6,9,17H,7-8,10H2. The van der Waals surface area contributed by atoms with Crippen LogP contribution >= 0.6 is 27.5 Å². The molecule has 1 heterocycles. The van der Waals surface area contributed by atoms with Gasteiger partial charge in [0.05, 0.1) is 17.7 Å². The third kappa shape index (κ3) is 3.20. The van der Waals surface area contributed by atoms with Crippen LogP contribution in [0.2, 0.25) is 5.02 Å². The number of ketones is 1. The third-order valence-electron chi connectivity index (χ3n) is 3.70. The van der Waals surface area contributed by atoms with E-state index in [1.807, 2.05) is 18.2 Å². The van der Waals surface area contributed by atoms with Crippen LogP contribution in [0.5, 0.6) is 0 Å². The van der Waals surface area contributed by atoms with Crippen molar-refractivity contribution in [2.45, 2.75) is 18.9 Å². The van der Waals surface area contributed by atoms with E-state index in [0.717, 1.165) is 16.5 Å². The zero-order valence-electron chi connectivity index (χ0n) is 11.3. The van der Waals surface area contributed by atoms with Crippen LogP contribution < -0.4 is 0 Å². The molecule has 1 unspecified atom stereocenters. The van der Waals surface area contributed by atoms with Gasteiger partial charge in [0.25, 0.3) is 0 Å². The largest absolute Gasteiger partial charge is 0.373 e. The van der Waals surface area contributed by atoms with E-state index in [0.29, 0.717) is 23.6 Å². The monoisotopic (exact) mass is 364 g/mol. The van der Waals surface area contributed by atoms with Crippen molar-refractivity contribution in [1.29, 1.82) is 0 Å². The number of ether oxygens (including phenoxy) is 1.